The lowest BCUT2D eigenvalue weighted by Crippen LogP contribution is -2.10. The Balaban J connectivity index is 2.33. The number of hydrogen-bond donors (Lipinski definition) is 1. The summed E-state index contributed by atoms with van der Waals surface area (Å²) in [5.41, 5.74) is 0. The zero-order valence-corrected chi connectivity index (χ0v) is 12.1. The Bertz CT molecular complexity index is 347. The number of aromatic nitrogens is 2. The Labute approximate surface area is 114 Å². The minimum absolute atomic E-state index is 0.110. The molecule has 1 unspecified atom stereocenters. The van der Waals surface area contributed by atoms with Crippen molar-refractivity contribution >= 4 is 17.4 Å². The van der Waals surface area contributed by atoms with Crippen molar-refractivity contribution in [2.45, 2.75) is 39.7 Å². The quantitative estimate of drug-likeness (QED) is 0.582. The predicted molar refractivity (Wildman–Crippen MR) is 75.4 cm³/mol. The molecule has 1 atom stereocenters. The van der Waals surface area contributed by atoms with Gasteiger partial charge in [-0.2, -0.15) is 4.98 Å². The molecule has 0 radical (unpaired) electrons. The third kappa shape index (κ3) is 6.05. The van der Waals surface area contributed by atoms with Crippen molar-refractivity contribution in [1.29, 1.82) is 0 Å². The molecule has 1 heterocycles. The summed E-state index contributed by atoms with van der Waals surface area (Å²) >= 11 is 5.76. The highest BCUT2D eigenvalue weighted by Gasteiger charge is 2.02. The number of alkyl halides is 1. The third-order valence-electron chi connectivity index (χ3n) is 2.41. The van der Waals surface area contributed by atoms with Gasteiger partial charge in [-0.1, -0.05) is 6.92 Å². The van der Waals surface area contributed by atoms with Crippen LogP contribution in [0.5, 0.6) is 5.88 Å². The smallest absolute Gasteiger partial charge is 0.234 e. The minimum atomic E-state index is 0.110. The molecular weight excluding hydrogens is 250 g/mol. The SMILES string of the molecule is CC(CCl)CCCNc1cncc(OC(C)C)n1. The molecule has 1 N–H and O–H groups in total. The molecule has 0 fully saturated rings. The van der Waals surface area contributed by atoms with Crippen LogP contribution < -0.4 is 10.1 Å². The Morgan fingerprint density at radius 2 is 2.11 bits per heavy atom. The number of hydrogen-bond acceptors (Lipinski definition) is 4. The van der Waals surface area contributed by atoms with Crippen molar-refractivity contribution in [2.75, 3.05) is 17.7 Å². The van der Waals surface area contributed by atoms with E-state index in [9.17, 15) is 0 Å². The normalized spacial score (nSPS) is 12.5. The first-order valence-corrected chi connectivity index (χ1v) is 6.93. The molecule has 1 rings (SSSR count). The first-order valence-electron chi connectivity index (χ1n) is 6.40. The largest absolute Gasteiger partial charge is 0.474 e. The van der Waals surface area contributed by atoms with Crippen LogP contribution in [-0.4, -0.2) is 28.5 Å². The van der Waals surface area contributed by atoms with Crippen LogP contribution in [0.25, 0.3) is 0 Å². The van der Waals surface area contributed by atoms with Crippen molar-refractivity contribution in [2.24, 2.45) is 5.92 Å². The van der Waals surface area contributed by atoms with Gasteiger partial charge in [0.15, 0.2) is 0 Å². The highest BCUT2D eigenvalue weighted by Crippen LogP contribution is 2.12. The summed E-state index contributed by atoms with van der Waals surface area (Å²) in [6.07, 6.45) is 5.63. The van der Waals surface area contributed by atoms with Gasteiger partial charge in [0.05, 0.1) is 18.5 Å². The van der Waals surface area contributed by atoms with Gasteiger partial charge in [0.2, 0.25) is 5.88 Å². The molecule has 1 aromatic rings. The second-order valence-corrected chi connectivity index (χ2v) is 5.05. The summed E-state index contributed by atoms with van der Waals surface area (Å²) in [7, 11) is 0. The van der Waals surface area contributed by atoms with Crippen LogP contribution in [0, 0.1) is 5.92 Å². The molecule has 0 aliphatic rings. The van der Waals surface area contributed by atoms with E-state index >= 15 is 0 Å². The van der Waals surface area contributed by atoms with E-state index in [1.54, 1.807) is 12.4 Å². The summed E-state index contributed by atoms with van der Waals surface area (Å²) in [5.74, 6) is 2.60. The average Bonchev–Trinajstić information content (AvgIpc) is 2.34. The molecule has 0 saturated heterocycles. The number of nitrogens with zero attached hydrogens (tertiary/aromatic N) is 2. The molecule has 0 saturated carbocycles. The van der Waals surface area contributed by atoms with Crippen LogP contribution in [-0.2, 0) is 0 Å². The molecule has 5 heteroatoms. The van der Waals surface area contributed by atoms with Gasteiger partial charge in [-0.25, -0.2) is 0 Å². The maximum absolute atomic E-state index is 5.76. The minimum Gasteiger partial charge on any atom is -0.474 e. The van der Waals surface area contributed by atoms with Gasteiger partial charge < -0.3 is 10.1 Å². The predicted octanol–water partition coefficient (Wildman–Crippen LogP) is 3.33. The van der Waals surface area contributed by atoms with Gasteiger partial charge in [0.1, 0.15) is 5.82 Å². The fraction of sp³-hybridized carbons (Fsp3) is 0.692. The highest BCUT2D eigenvalue weighted by molar-refractivity contribution is 6.18. The van der Waals surface area contributed by atoms with E-state index in [-0.39, 0.29) is 6.10 Å². The van der Waals surface area contributed by atoms with E-state index in [0.29, 0.717) is 11.8 Å². The first kappa shape index (κ1) is 15.0. The van der Waals surface area contributed by atoms with E-state index in [1.165, 1.54) is 0 Å². The number of halogens is 1. The Morgan fingerprint density at radius 1 is 1.33 bits per heavy atom. The van der Waals surface area contributed by atoms with E-state index in [1.807, 2.05) is 13.8 Å². The van der Waals surface area contributed by atoms with Crippen molar-refractivity contribution < 1.29 is 4.74 Å². The second-order valence-electron chi connectivity index (χ2n) is 4.74. The molecule has 4 nitrogen and oxygen atoms in total. The van der Waals surface area contributed by atoms with Crippen LogP contribution in [0.4, 0.5) is 5.82 Å². The van der Waals surface area contributed by atoms with Crippen molar-refractivity contribution in [3.8, 4) is 5.88 Å². The number of rotatable bonds is 8. The Morgan fingerprint density at radius 3 is 2.78 bits per heavy atom. The Kier molecular flexibility index (Phi) is 6.80. The van der Waals surface area contributed by atoms with E-state index in [0.717, 1.165) is 31.1 Å². The topological polar surface area (TPSA) is 47.0 Å². The fourth-order valence-corrected chi connectivity index (χ4v) is 1.63. The lowest BCUT2D eigenvalue weighted by atomic mass is 10.1. The van der Waals surface area contributed by atoms with E-state index in [2.05, 4.69) is 22.2 Å². The van der Waals surface area contributed by atoms with Gasteiger partial charge in [-0.05, 0) is 32.6 Å². The summed E-state index contributed by atoms with van der Waals surface area (Å²) in [4.78, 5) is 8.42. The monoisotopic (exact) mass is 271 g/mol. The lowest BCUT2D eigenvalue weighted by molar-refractivity contribution is 0.232. The number of ether oxygens (including phenoxy) is 1. The zero-order chi connectivity index (χ0) is 13.4. The van der Waals surface area contributed by atoms with Gasteiger partial charge in [-0.3, -0.25) is 4.98 Å². The number of anilines is 1. The van der Waals surface area contributed by atoms with Crippen LogP contribution >= 0.6 is 11.6 Å². The van der Waals surface area contributed by atoms with Gasteiger partial charge in [0.25, 0.3) is 0 Å². The van der Waals surface area contributed by atoms with Crippen LogP contribution in [0.15, 0.2) is 12.4 Å². The molecule has 0 aliphatic heterocycles. The van der Waals surface area contributed by atoms with Crippen LogP contribution in [0.1, 0.15) is 33.6 Å². The second kappa shape index (κ2) is 8.14. The molecule has 0 spiro atoms. The lowest BCUT2D eigenvalue weighted by Gasteiger charge is -2.11. The number of nitrogens with one attached hydrogen (secondary N) is 1. The summed E-state index contributed by atoms with van der Waals surface area (Å²) in [5, 5.41) is 3.24. The molecule has 18 heavy (non-hydrogen) atoms. The zero-order valence-electron chi connectivity index (χ0n) is 11.3. The Hall–Kier alpha value is -1.03. The molecule has 1 aromatic heterocycles. The van der Waals surface area contributed by atoms with Crippen molar-refractivity contribution in [1.82, 2.24) is 9.97 Å². The maximum Gasteiger partial charge on any atom is 0.234 e. The summed E-state index contributed by atoms with van der Waals surface area (Å²) in [6.45, 7) is 6.97. The molecule has 0 aliphatic carbocycles. The maximum atomic E-state index is 5.76. The van der Waals surface area contributed by atoms with Crippen LogP contribution in [0.3, 0.4) is 0 Å². The van der Waals surface area contributed by atoms with E-state index in [4.69, 9.17) is 16.3 Å². The van der Waals surface area contributed by atoms with Gasteiger partial charge in [-0.15, -0.1) is 11.6 Å². The van der Waals surface area contributed by atoms with Crippen molar-refractivity contribution in [3.63, 3.8) is 0 Å². The molecule has 0 amide bonds. The standard InChI is InChI=1S/C13H22ClN3O/c1-10(2)18-13-9-15-8-12(17-13)16-6-4-5-11(3)7-14/h8-11H,4-7H2,1-3H3,(H,16,17). The van der Waals surface area contributed by atoms with Crippen LogP contribution in [0.2, 0.25) is 0 Å². The van der Waals surface area contributed by atoms with Crippen molar-refractivity contribution in [3.05, 3.63) is 12.4 Å². The molecular formula is C13H22ClN3O. The highest BCUT2D eigenvalue weighted by atomic mass is 35.5. The molecule has 102 valence electrons. The summed E-state index contributed by atoms with van der Waals surface area (Å²) in [6, 6.07) is 0. The molecule has 0 aromatic carbocycles. The van der Waals surface area contributed by atoms with Gasteiger partial charge >= 0.3 is 0 Å². The third-order valence-corrected chi connectivity index (χ3v) is 2.94. The van der Waals surface area contributed by atoms with Gasteiger partial charge in [0, 0.05) is 12.4 Å². The summed E-state index contributed by atoms with van der Waals surface area (Å²) < 4.78 is 5.49. The average molecular weight is 272 g/mol. The fourth-order valence-electron chi connectivity index (χ4n) is 1.48. The first-order chi connectivity index (χ1) is 8.61. The van der Waals surface area contributed by atoms with E-state index < -0.39 is 0 Å². The molecule has 0 bridgehead atoms.